The summed E-state index contributed by atoms with van der Waals surface area (Å²) in [6.45, 7) is 2.48. The van der Waals surface area contributed by atoms with Gasteiger partial charge in [-0.2, -0.15) is 0 Å². The molecule has 1 aromatic rings. The minimum Gasteiger partial charge on any atom is -0.354 e. The summed E-state index contributed by atoms with van der Waals surface area (Å²) in [5, 5.41) is 0. The Bertz CT molecular complexity index is 315. The zero-order chi connectivity index (χ0) is 11.3. The van der Waals surface area contributed by atoms with Gasteiger partial charge in [0.05, 0.1) is 6.54 Å². The molecule has 0 aliphatic rings. The first-order chi connectivity index (χ1) is 7.17. The monoisotopic (exact) mass is 223 g/mol. The fourth-order valence-electron chi connectivity index (χ4n) is 1.06. The van der Waals surface area contributed by atoms with Gasteiger partial charge in [0.1, 0.15) is 7.85 Å². The summed E-state index contributed by atoms with van der Waals surface area (Å²) < 4.78 is 10.0. The highest BCUT2D eigenvalue weighted by Gasteiger charge is 2.02. The largest absolute Gasteiger partial charge is 0.354 e. The molecular weight excluding hydrogens is 209 g/mol. The zero-order valence-corrected chi connectivity index (χ0v) is 10.0. The summed E-state index contributed by atoms with van der Waals surface area (Å²) >= 11 is 1.63. The number of thiophene rings is 1. The van der Waals surface area contributed by atoms with Gasteiger partial charge in [0.25, 0.3) is 0 Å². The summed E-state index contributed by atoms with van der Waals surface area (Å²) in [7, 11) is 8.91. The highest BCUT2D eigenvalue weighted by molar-refractivity contribution is 7.14. The van der Waals surface area contributed by atoms with Crippen molar-refractivity contribution >= 4 is 30.9 Å². The average molecular weight is 223 g/mol. The van der Waals surface area contributed by atoms with Crippen LogP contribution in [0.4, 0.5) is 0 Å². The normalized spacial score (nSPS) is 11.7. The second kappa shape index (κ2) is 6.05. The lowest BCUT2D eigenvalue weighted by Gasteiger charge is -2.08. The predicted octanol–water partition coefficient (Wildman–Crippen LogP) is 0.888. The van der Waals surface area contributed by atoms with Gasteiger partial charge in [-0.05, 0) is 17.9 Å². The van der Waals surface area contributed by atoms with E-state index >= 15 is 0 Å². The Hall–Kier alpha value is -0.645. The molecule has 80 valence electrons. The number of hydrogen-bond acceptors (Lipinski definition) is 4. The second-order valence-electron chi connectivity index (χ2n) is 3.06. The van der Waals surface area contributed by atoms with Crippen LogP contribution < -0.4 is 5.46 Å². The van der Waals surface area contributed by atoms with Crippen molar-refractivity contribution in [1.29, 1.82) is 0 Å². The van der Waals surface area contributed by atoms with Crippen LogP contribution in [-0.2, 0) is 9.47 Å². The van der Waals surface area contributed by atoms with E-state index < -0.39 is 0 Å². The molecule has 0 N–H and O–H groups in total. The number of rotatable bonds is 5. The van der Waals surface area contributed by atoms with Crippen molar-refractivity contribution in [2.45, 2.75) is 13.2 Å². The van der Waals surface area contributed by atoms with Crippen LogP contribution in [0.2, 0.25) is 0 Å². The van der Waals surface area contributed by atoms with Crippen molar-refractivity contribution in [2.24, 2.45) is 4.99 Å². The Labute approximate surface area is 95.5 Å². The molecule has 0 atom stereocenters. The lowest BCUT2D eigenvalue weighted by molar-refractivity contribution is -0.0936. The summed E-state index contributed by atoms with van der Waals surface area (Å²) in [6.07, 6.45) is 1.51. The van der Waals surface area contributed by atoms with E-state index in [1.54, 1.807) is 31.8 Å². The SMILES string of the molecule is [B]c1cc(C=NCC(OC)OC)sc1C. The third kappa shape index (κ3) is 3.78. The molecule has 0 aliphatic carbocycles. The number of methoxy groups -OCH3 is 2. The van der Waals surface area contributed by atoms with Gasteiger partial charge in [0.2, 0.25) is 0 Å². The van der Waals surface area contributed by atoms with Gasteiger partial charge in [0.15, 0.2) is 6.29 Å². The minimum atomic E-state index is -0.278. The van der Waals surface area contributed by atoms with Crippen molar-refractivity contribution < 1.29 is 9.47 Å². The van der Waals surface area contributed by atoms with Crippen LogP contribution in [0, 0.1) is 6.92 Å². The van der Waals surface area contributed by atoms with Crippen LogP contribution in [0.25, 0.3) is 0 Å². The van der Waals surface area contributed by atoms with E-state index in [9.17, 15) is 0 Å². The maximum atomic E-state index is 5.72. The van der Waals surface area contributed by atoms with Crippen LogP contribution in [0.1, 0.15) is 9.75 Å². The molecule has 0 bridgehead atoms. The van der Waals surface area contributed by atoms with Crippen LogP contribution in [0.3, 0.4) is 0 Å². The van der Waals surface area contributed by atoms with Crippen LogP contribution >= 0.6 is 11.3 Å². The van der Waals surface area contributed by atoms with Crippen LogP contribution in [-0.4, -0.2) is 41.1 Å². The van der Waals surface area contributed by atoms with Gasteiger partial charge in [-0.1, -0.05) is 5.46 Å². The van der Waals surface area contributed by atoms with Crippen LogP contribution in [0.15, 0.2) is 11.1 Å². The van der Waals surface area contributed by atoms with E-state index in [0.717, 1.165) is 15.2 Å². The molecule has 0 unspecified atom stereocenters. The van der Waals surface area contributed by atoms with Crippen molar-refractivity contribution in [2.75, 3.05) is 20.8 Å². The van der Waals surface area contributed by atoms with Crippen molar-refractivity contribution in [3.8, 4) is 0 Å². The molecule has 5 heteroatoms. The molecule has 0 saturated heterocycles. The summed E-state index contributed by atoms with van der Waals surface area (Å²) in [4.78, 5) is 6.39. The number of aliphatic imine (C=N–C) groups is 1. The standard InChI is InChI=1S/C10H14BNO2S/c1-7-9(11)4-8(15-7)5-12-6-10(13-2)14-3/h4-5,10H,6H2,1-3H3. The molecule has 0 aromatic carbocycles. The molecule has 2 radical (unpaired) electrons. The Balaban J connectivity index is 2.50. The summed E-state index contributed by atoms with van der Waals surface area (Å²) in [5.74, 6) is 0. The van der Waals surface area contributed by atoms with E-state index in [0.29, 0.717) is 6.54 Å². The molecule has 0 spiro atoms. The first-order valence-electron chi connectivity index (χ1n) is 4.58. The van der Waals surface area contributed by atoms with Gasteiger partial charge < -0.3 is 9.47 Å². The number of nitrogens with zero attached hydrogens (tertiary/aromatic N) is 1. The molecule has 1 rings (SSSR count). The maximum absolute atomic E-state index is 5.72. The molecule has 3 nitrogen and oxygen atoms in total. The van der Waals surface area contributed by atoms with Gasteiger partial charge in [-0.15, -0.1) is 11.3 Å². The third-order valence-corrected chi connectivity index (χ3v) is 2.97. The molecule has 0 aliphatic heterocycles. The van der Waals surface area contributed by atoms with Crippen LogP contribution in [0.5, 0.6) is 0 Å². The van der Waals surface area contributed by atoms with E-state index in [4.69, 9.17) is 17.3 Å². The van der Waals surface area contributed by atoms with Gasteiger partial charge in [0, 0.05) is 25.3 Å². The minimum absolute atomic E-state index is 0.278. The summed E-state index contributed by atoms with van der Waals surface area (Å²) in [6, 6.07) is 1.91. The lowest BCUT2D eigenvalue weighted by atomic mass is 9.97. The van der Waals surface area contributed by atoms with Gasteiger partial charge >= 0.3 is 0 Å². The number of ether oxygens (including phenoxy) is 2. The lowest BCUT2D eigenvalue weighted by Crippen LogP contribution is -2.16. The smallest absolute Gasteiger partial charge is 0.176 e. The van der Waals surface area contributed by atoms with Gasteiger partial charge in [-0.3, -0.25) is 4.99 Å². The highest BCUT2D eigenvalue weighted by Crippen LogP contribution is 2.09. The zero-order valence-electron chi connectivity index (χ0n) is 9.19. The molecule has 0 amide bonds. The number of hydrogen-bond donors (Lipinski definition) is 0. The first-order valence-corrected chi connectivity index (χ1v) is 5.40. The average Bonchev–Trinajstić information content (AvgIpc) is 2.53. The van der Waals surface area contributed by atoms with Gasteiger partial charge in [-0.25, -0.2) is 0 Å². The van der Waals surface area contributed by atoms with Crippen molar-refractivity contribution in [1.82, 2.24) is 0 Å². The third-order valence-electron chi connectivity index (χ3n) is 1.97. The Morgan fingerprint density at radius 2 is 2.20 bits per heavy atom. The fourth-order valence-corrected chi connectivity index (χ4v) is 1.90. The predicted molar refractivity (Wildman–Crippen MR) is 64.7 cm³/mol. The molecule has 1 heterocycles. The molecular formula is C10H14BNO2S. The Kier molecular flexibility index (Phi) is 5.01. The molecule has 15 heavy (non-hydrogen) atoms. The van der Waals surface area contributed by atoms with Crippen molar-refractivity contribution in [3.63, 3.8) is 0 Å². The second-order valence-corrected chi connectivity index (χ2v) is 4.34. The topological polar surface area (TPSA) is 30.8 Å². The summed E-state index contributed by atoms with van der Waals surface area (Å²) in [5.41, 5.74) is 0.816. The highest BCUT2D eigenvalue weighted by atomic mass is 32.1. The molecule has 0 saturated carbocycles. The van der Waals surface area contributed by atoms with Crippen molar-refractivity contribution in [3.05, 3.63) is 15.8 Å². The maximum Gasteiger partial charge on any atom is 0.176 e. The number of aryl methyl sites for hydroxylation is 1. The first kappa shape index (κ1) is 12.4. The molecule has 1 aromatic heterocycles. The molecule has 0 fully saturated rings. The van der Waals surface area contributed by atoms with E-state index in [1.807, 2.05) is 13.0 Å². The van der Waals surface area contributed by atoms with E-state index in [2.05, 4.69) is 4.99 Å². The Morgan fingerprint density at radius 3 is 2.67 bits per heavy atom. The Morgan fingerprint density at radius 1 is 1.53 bits per heavy atom. The quantitative estimate of drug-likeness (QED) is 0.421. The fraction of sp³-hybridized carbons (Fsp3) is 0.500. The van der Waals surface area contributed by atoms with E-state index in [1.165, 1.54) is 0 Å². The van der Waals surface area contributed by atoms with E-state index in [-0.39, 0.29) is 6.29 Å².